The molecule has 0 aliphatic rings. The first-order valence-corrected chi connectivity index (χ1v) is 6.89. The SMILES string of the molecule is CCOC(=[OH+])Cc1ccc(NC(=O)COCCCl)cc1. The van der Waals surface area contributed by atoms with Crippen LogP contribution in [0.3, 0.4) is 0 Å². The third-order valence-corrected chi connectivity index (χ3v) is 2.51. The molecule has 0 saturated carbocycles. The number of alkyl halides is 1. The van der Waals surface area contributed by atoms with E-state index in [9.17, 15) is 9.59 Å². The van der Waals surface area contributed by atoms with Gasteiger partial charge in [-0.3, -0.25) is 4.79 Å². The summed E-state index contributed by atoms with van der Waals surface area (Å²) in [6.45, 7) is 2.57. The van der Waals surface area contributed by atoms with Gasteiger partial charge in [0.15, 0.2) is 6.61 Å². The van der Waals surface area contributed by atoms with Gasteiger partial charge in [-0.2, -0.15) is 0 Å². The number of amides is 1. The van der Waals surface area contributed by atoms with E-state index in [0.29, 0.717) is 31.2 Å². The fourth-order valence-corrected chi connectivity index (χ4v) is 1.62. The summed E-state index contributed by atoms with van der Waals surface area (Å²) in [5, 5.41) is 2.70. The predicted octanol–water partition coefficient (Wildman–Crippen LogP) is 1.96. The molecule has 0 saturated heterocycles. The molecule has 1 amide bonds. The Bertz CT molecular complexity index is 433. The number of anilines is 1. The van der Waals surface area contributed by atoms with Crippen molar-refractivity contribution < 1.29 is 19.1 Å². The highest BCUT2D eigenvalue weighted by Crippen LogP contribution is 2.10. The maximum absolute atomic E-state index is 11.5. The number of carbonyl (C=O) groups is 1. The van der Waals surface area contributed by atoms with E-state index in [1.165, 1.54) is 0 Å². The molecular weight excluding hydrogens is 282 g/mol. The van der Waals surface area contributed by atoms with Gasteiger partial charge in [0.05, 0.1) is 6.61 Å². The van der Waals surface area contributed by atoms with Crippen LogP contribution in [-0.4, -0.2) is 42.4 Å². The molecule has 0 spiro atoms. The summed E-state index contributed by atoms with van der Waals surface area (Å²) in [5.41, 5.74) is 1.57. The molecule has 0 heterocycles. The van der Waals surface area contributed by atoms with Crippen LogP contribution in [0.2, 0.25) is 0 Å². The van der Waals surface area contributed by atoms with Crippen LogP contribution >= 0.6 is 11.6 Å². The summed E-state index contributed by atoms with van der Waals surface area (Å²) in [4.78, 5) is 20.9. The largest absolute Gasteiger partial charge is 0.487 e. The minimum Gasteiger partial charge on any atom is -0.370 e. The molecule has 6 heteroatoms. The molecule has 0 aromatic heterocycles. The molecule has 0 atom stereocenters. The molecule has 1 rings (SSSR count). The van der Waals surface area contributed by atoms with Crippen LogP contribution in [0.1, 0.15) is 12.5 Å². The molecule has 0 fully saturated rings. The van der Waals surface area contributed by atoms with Crippen LogP contribution in [0.25, 0.3) is 0 Å². The second-order valence-corrected chi connectivity index (χ2v) is 4.37. The van der Waals surface area contributed by atoms with Crippen LogP contribution in [0.5, 0.6) is 0 Å². The van der Waals surface area contributed by atoms with Crippen molar-refractivity contribution in [1.82, 2.24) is 0 Å². The molecular formula is C14H19ClNO4+. The van der Waals surface area contributed by atoms with Crippen LogP contribution in [-0.2, 0) is 20.7 Å². The topological polar surface area (TPSA) is 69.0 Å². The molecule has 0 unspecified atom stereocenters. The summed E-state index contributed by atoms with van der Waals surface area (Å²) in [6, 6.07) is 7.14. The zero-order valence-corrected chi connectivity index (χ0v) is 12.2. The predicted molar refractivity (Wildman–Crippen MR) is 78.9 cm³/mol. The van der Waals surface area contributed by atoms with Gasteiger partial charge in [-0.15, -0.1) is 11.6 Å². The van der Waals surface area contributed by atoms with E-state index >= 15 is 0 Å². The lowest BCUT2D eigenvalue weighted by Crippen LogP contribution is -2.18. The second kappa shape index (κ2) is 9.34. The molecule has 2 N–H and O–H groups in total. The number of esters is 1. The van der Waals surface area contributed by atoms with E-state index in [1.54, 1.807) is 19.1 Å². The van der Waals surface area contributed by atoms with E-state index in [2.05, 4.69) is 5.32 Å². The van der Waals surface area contributed by atoms with E-state index in [1.807, 2.05) is 12.1 Å². The Hall–Kier alpha value is -1.59. The number of nitrogens with one attached hydrogen (secondary N) is 1. The molecule has 1 aromatic carbocycles. The number of benzene rings is 1. The highest BCUT2D eigenvalue weighted by molar-refractivity contribution is 6.18. The monoisotopic (exact) mass is 300 g/mol. The highest BCUT2D eigenvalue weighted by atomic mass is 35.5. The van der Waals surface area contributed by atoms with Crippen LogP contribution < -0.4 is 5.32 Å². The zero-order chi connectivity index (χ0) is 14.8. The first-order valence-electron chi connectivity index (χ1n) is 6.35. The Balaban J connectivity index is 2.42. The minimum atomic E-state index is -0.230. The van der Waals surface area contributed by atoms with Gasteiger partial charge in [0.25, 0.3) is 0 Å². The maximum atomic E-state index is 11.5. The smallest absolute Gasteiger partial charge is 0.370 e. The summed E-state index contributed by atoms with van der Waals surface area (Å²) >= 11 is 5.44. The number of ether oxygens (including phenoxy) is 2. The average Bonchev–Trinajstić information content (AvgIpc) is 2.41. The summed E-state index contributed by atoms with van der Waals surface area (Å²) in [7, 11) is 0. The zero-order valence-electron chi connectivity index (χ0n) is 11.4. The number of hydrogen-bond acceptors (Lipinski definition) is 3. The Morgan fingerprint density at radius 3 is 2.65 bits per heavy atom. The second-order valence-electron chi connectivity index (χ2n) is 3.99. The summed E-state index contributed by atoms with van der Waals surface area (Å²) < 4.78 is 9.99. The van der Waals surface area contributed by atoms with Crippen molar-refractivity contribution in [1.29, 1.82) is 0 Å². The average molecular weight is 301 g/mol. The number of rotatable bonds is 8. The Morgan fingerprint density at radius 2 is 2.05 bits per heavy atom. The quantitative estimate of drug-likeness (QED) is 0.345. The van der Waals surface area contributed by atoms with Gasteiger partial charge >= 0.3 is 5.97 Å². The van der Waals surface area contributed by atoms with E-state index in [4.69, 9.17) is 21.1 Å². The van der Waals surface area contributed by atoms with Gasteiger partial charge < -0.3 is 19.6 Å². The molecule has 0 aliphatic heterocycles. The van der Waals surface area contributed by atoms with E-state index in [0.717, 1.165) is 5.56 Å². The van der Waals surface area contributed by atoms with Gasteiger partial charge in [0.1, 0.15) is 13.0 Å². The van der Waals surface area contributed by atoms with Gasteiger partial charge in [0.2, 0.25) is 5.91 Å². The van der Waals surface area contributed by atoms with Crippen LogP contribution in [0.4, 0.5) is 5.69 Å². The standard InChI is InChI=1S/C14H18ClNO4/c1-2-20-14(18)9-11-3-5-12(6-4-11)16-13(17)10-19-8-7-15/h3-6H,2,7-10H2,1H3,(H,16,17)/p+1. The number of hydrogen-bond donors (Lipinski definition) is 1. The lowest BCUT2D eigenvalue weighted by atomic mass is 10.1. The molecule has 20 heavy (non-hydrogen) atoms. The van der Waals surface area contributed by atoms with Gasteiger partial charge in [-0.1, -0.05) is 12.1 Å². The lowest BCUT2D eigenvalue weighted by Gasteiger charge is -2.06. The van der Waals surface area contributed by atoms with Crippen LogP contribution in [0, 0.1) is 0 Å². The summed E-state index contributed by atoms with van der Waals surface area (Å²) in [6.07, 6.45) is 0.334. The van der Waals surface area contributed by atoms with Crippen molar-refractivity contribution in [2.24, 2.45) is 0 Å². The van der Waals surface area contributed by atoms with Gasteiger partial charge in [0, 0.05) is 11.6 Å². The fourth-order valence-electron chi connectivity index (χ4n) is 1.51. The normalized spacial score (nSPS) is 10.1. The van der Waals surface area contributed by atoms with Gasteiger partial charge in [-0.05, 0) is 24.6 Å². The Labute approximate surface area is 123 Å². The maximum Gasteiger partial charge on any atom is 0.487 e. The third kappa shape index (κ3) is 6.54. The van der Waals surface area contributed by atoms with Gasteiger partial charge in [-0.25, -0.2) is 0 Å². The minimum absolute atomic E-state index is 0.0150. The van der Waals surface area contributed by atoms with Crippen molar-refractivity contribution >= 4 is 29.2 Å². The summed E-state index contributed by atoms with van der Waals surface area (Å²) in [5.74, 6) is 0.118. The van der Waals surface area contributed by atoms with E-state index < -0.39 is 0 Å². The molecule has 0 bridgehead atoms. The molecule has 0 aliphatic carbocycles. The molecule has 5 nitrogen and oxygen atoms in total. The van der Waals surface area contributed by atoms with Crippen molar-refractivity contribution in [2.45, 2.75) is 13.3 Å². The highest BCUT2D eigenvalue weighted by Gasteiger charge is 2.11. The Morgan fingerprint density at radius 1 is 1.35 bits per heavy atom. The van der Waals surface area contributed by atoms with Crippen molar-refractivity contribution in [3.05, 3.63) is 29.8 Å². The van der Waals surface area contributed by atoms with Crippen LogP contribution in [0.15, 0.2) is 24.3 Å². The third-order valence-electron chi connectivity index (χ3n) is 2.36. The van der Waals surface area contributed by atoms with Crippen molar-refractivity contribution in [3.63, 3.8) is 0 Å². The lowest BCUT2D eigenvalue weighted by molar-refractivity contribution is -0.120. The van der Waals surface area contributed by atoms with Crippen molar-refractivity contribution in [2.75, 3.05) is 31.0 Å². The molecule has 0 radical (unpaired) electrons. The molecule has 1 aromatic rings. The van der Waals surface area contributed by atoms with E-state index in [-0.39, 0.29) is 18.5 Å². The fraction of sp³-hybridized carbons (Fsp3) is 0.429. The number of halogens is 1. The molecule has 110 valence electrons. The van der Waals surface area contributed by atoms with Crippen molar-refractivity contribution in [3.8, 4) is 0 Å². The first-order chi connectivity index (χ1) is 9.65. The first kappa shape index (κ1) is 16.5. The number of carbonyl (C=O) groups excluding carboxylic acids is 2. The Kier molecular flexibility index (Phi) is 7.69.